The number of aromatic nitrogens is 2. The van der Waals surface area contributed by atoms with Gasteiger partial charge in [-0.15, -0.1) is 0 Å². The van der Waals surface area contributed by atoms with Crippen LogP contribution < -0.4 is 11.1 Å². The average Bonchev–Trinajstić information content (AvgIpc) is 3.05. The highest BCUT2D eigenvalue weighted by Gasteiger charge is 2.26. The molecular weight excluding hydrogens is 312 g/mol. The first kappa shape index (κ1) is 16.0. The number of carbonyl (C=O) groups excluding carboxylic acids is 1. The molecule has 0 spiro atoms. The second-order valence-corrected chi connectivity index (χ2v) is 6.41. The topological polar surface area (TPSA) is 83.8 Å². The Morgan fingerprint density at radius 1 is 1.35 bits per heavy atom. The summed E-state index contributed by atoms with van der Waals surface area (Å²) in [7, 11) is 0. The summed E-state index contributed by atoms with van der Waals surface area (Å²) in [4.78, 5) is 12.4. The lowest BCUT2D eigenvalue weighted by molar-refractivity contribution is 0.0903. The van der Waals surface area contributed by atoms with Gasteiger partial charge in [0.05, 0.1) is 10.7 Å². The number of hydrogen-bond acceptors (Lipinski definition) is 3. The van der Waals surface area contributed by atoms with Crippen LogP contribution >= 0.6 is 11.6 Å². The van der Waals surface area contributed by atoms with Crippen LogP contribution in [0.3, 0.4) is 0 Å². The monoisotopic (exact) mass is 332 g/mol. The van der Waals surface area contributed by atoms with E-state index < -0.39 is 0 Å². The number of H-pyrrole nitrogens is 1. The first-order chi connectivity index (χ1) is 11.2. The Bertz CT molecular complexity index is 685. The van der Waals surface area contributed by atoms with Crippen LogP contribution in [0.4, 0.5) is 0 Å². The zero-order chi connectivity index (χ0) is 16.2. The molecule has 1 aliphatic carbocycles. The van der Waals surface area contributed by atoms with Crippen LogP contribution in [0.5, 0.6) is 0 Å². The van der Waals surface area contributed by atoms with Crippen LogP contribution in [0.25, 0.3) is 11.3 Å². The quantitative estimate of drug-likeness (QED) is 0.804. The number of halogens is 1. The summed E-state index contributed by atoms with van der Waals surface area (Å²) < 4.78 is 0. The normalized spacial score (nSPS) is 21.1. The van der Waals surface area contributed by atoms with Crippen molar-refractivity contribution in [1.82, 2.24) is 15.5 Å². The van der Waals surface area contributed by atoms with Gasteiger partial charge in [-0.05, 0) is 37.4 Å². The van der Waals surface area contributed by atoms with Gasteiger partial charge in [0, 0.05) is 11.6 Å². The van der Waals surface area contributed by atoms with Crippen molar-refractivity contribution in [2.24, 2.45) is 11.7 Å². The zero-order valence-electron chi connectivity index (χ0n) is 12.9. The number of carbonyl (C=O) groups is 1. The van der Waals surface area contributed by atoms with Crippen molar-refractivity contribution in [2.45, 2.75) is 31.7 Å². The third kappa shape index (κ3) is 3.57. The van der Waals surface area contributed by atoms with Crippen molar-refractivity contribution in [3.63, 3.8) is 0 Å². The molecule has 122 valence electrons. The number of rotatable bonds is 4. The number of amides is 1. The molecule has 1 aliphatic rings. The van der Waals surface area contributed by atoms with E-state index in [1.165, 1.54) is 6.42 Å². The molecular formula is C17H21ClN4O. The minimum atomic E-state index is -0.138. The SMILES string of the molecule is NCC1CCCCC1NC(=O)c1cc(-c2ccccc2Cl)n[nH]1. The van der Waals surface area contributed by atoms with Gasteiger partial charge >= 0.3 is 0 Å². The van der Waals surface area contributed by atoms with E-state index >= 15 is 0 Å². The van der Waals surface area contributed by atoms with E-state index in [9.17, 15) is 4.79 Å². The minimum absolute atomic E-state index is 0.138. The molecule has 0 aliphatic heterocycles. The van der Waals surface area contributed by atoms with E-state index in [4.69, 9.17) is 17.3 Å². The molecule has 6 heteroatoms. The summed E-state index contributed by atoms with van der Waals surface area (Å²) in [6, 6.07) is 9.32. The van der Waals surface area contributed by atoms with Crippen molar-refractivity contribution < 1.29 is 4.79 Å². The van der Waals surface area contributed by atoms with Crippen LogP contribution in [0.2, 0.25) is 5.02 Å². The van der Waals surface area contributed by atoms with Gasteiger partial charge in [-0.25, -0.2) is 0 Å². The van der Waals surface area contributed by atoms with E-state index in [2.05, 4.69) is 15.5 Å². The predicted molar refractivity (Wildman–Crippen MR) is 91.3 cm³/mol. The highest BCUT2D eigenvalue weighted by molar-refractivity contribution is 6.33. The highest BCUT2D eigenvalue weighted by atomic mass is 35.5. The molecule has 3 rings (SSSR count). The van der Waals surface area contributed by atoms with Crippen LogP contribution in [0, 0.1) is 5.92 Å². The molecule has 0 bridgehead atoms. The summed E-state index contributed by atoms with van der Waals surface area (Å²) in [6.45, 7) is 0.610. The molecule has 1 fully saturated rings. The molecule has 0 radical (unpaired) electrons. The van der Waals surface area contributed by atoms with Gasteiger partial charge < -0.3 is 11.1 Å². The Morgan fingerprint density at radius 3 is 2.91 bits per heavy atom. The van der Waals surface area contributed by atoms with Crippen LogP contribution in [-0.2, 0) is 0 Å². The van der Waals surface area contributed by atoms with E-state index in [0.29, 0.717) is 28.9 Å². The van der Waals surface area contributed by atoms with E-state index in [1.54, 1.807) is 12.1 Å². The first-order valence-electron chi connectivity index (χ1n) is 8.00. The molecule has 1 heterocycles. The van der Waals surface area contributed by atoms with Gasteiger partial charge in [0.25, 0.3) is 5.91 Å². The van der Waals surface area contributed by atoms with Gasteiger partial charge in [-0.3, -0.25) is 9.89 Å². The summed E-state index contributed by atoms with van der Waals surface area (Å²) in [6.07, 6.45) is 4.39. The summed E-state index contributed by atoms with van der Waals surface area (Å²) >= 11 is 6.17. The standard InChI is InChI=1S/C17H21ClN4O/c18-13-7-3-2-6-12(13)15-9-16(22-21-15)17(23)20-14-8-4-1-5-11(14)10-19/h2-3,6-7,9,11,14H,1,4-5,8,10,19H2,(H,20,23)(H,21,22). The van der Waals surface area contributed by atoms with E-state index in [1.807, 2.05) is 18.2 Å². The maximum Gasteiger partial charge on any atom is 0.269 e. The molecule has 4 N–H and O–H groups in total. The Balaban J connectivity index is 1.72. The number of nitrogens with one attached hydrogen (secondary N) is 2. The fourth-order valence-corrected chi connectivity index (χ4v) is 3.40. The van der Waals surface area contributed by atoms with Gasteiger partial charge in [0.2, 0.25) is 0 Å². The number of hydrogen-bond donors (Lipinski definition) is 3. The molecule has 1 aromatic carbocycles. The second-order valence-electron chi connectivity index (χ2n) is 6.01. The van der Waals surface area contributed by atoms with E-state index in [-0.39, 0.29) is 11.9 Å². The molecule has 1 aromatic heterocycles. The summed E-state index contributed by atoms with van der Waals surface area (Å²) in [5.41, 5.74) is 7.74. The zero-order valence-corrected chi connectivity index (χ0v) is 13.6. The maximum absolute atomic E-state index is 12.4. The third-order valence-corrected chi connectivity index (χ3v) is 4.83. The van der Waals surface area contributed by atoms with Crippen molar-refractivity contribution in [2.75, 3.05) is 6.54 Å². The maximum atomic E-state index is 12.4. The van der Waals surface area contributed by atoms with Crippen LogP contribution in [0.1, 0.15) is 36.2 Å². The summed E-state index contributed by atoms with van der Waals surface area (Å²) in [5, 5.41) is 10.7. The Kier molecular flexibility index (Phi) is 4.98. The van der Waals surface area contributed by atoms with Gasteiger partial charge in [0.1, 0.15) is 5.69 Å². The molecule has 2 unspecified atom stereocenters. The van der Waals surface area contributed by atoms with Crippen LogP contribution in [-0.4, -0.2) is 28.7 Å². The highest BCUT2D eigenvalue weighted by Crippen LogP contribution is 2.27. The lowest BCUT2D eigenvalue weighted by Gasteiger charge is -2.31. The largest absolute Gasteiger partial charge is 0.348 e. The second kappa shape index (κ2) is 7.15. The molecule has 0 saturated heterocycles. The molecule has 23 heavy (non-hydrogen) atoms. The Hall–Kier alpha value is -1.85. The van der Waals surface area contributed by atoms with Gasteiger partial charge in [0.15, 0.2) is 0 Å². The van der Waals surface area contributed by atoms with Crippen molar-refractivity contribution >= 4 is 17.5 Å². The van der Waals surface area contributed by atoms with Crippen molar-refractivity contribution in [1.29, 1.82) is 0 Å². The fraction of sp³-hybridized carbons (Fsp3) is 0.412. The van der Waals surface area contributed by atoms with Gasteiger partial charge in [-0.2, -0.15) is 5.10 Å². The van der Waals surface area contributed by atoms with Crippen molar-refractivity contribution in [3.05, 3.63) is 41.0 Å². The molecule has 5 nitrogen and oxygen atoms in total. The van der Waals surface area contributed by atoms with Crippen molar-refractivity contribution in [3.8, 4) is 11.3 Å². The predicted octanol–water partition coefficient (Wildman–Crippen LogP) is 2.98. The van der Waals surface area contributed by atoms with Gasteiger partial charge in [-0.1, -0.05) is 42.6 Å². The Morgan fingerprint density at radius 2 is 2.13 bits per heavy atom. The average molecular weight is 333 g/mol. The lowest BCUT2D eigenvalue weighted by atomic mass is 9.84. The third-order valence-electron chi connectivity index (χ3n) is 4.50. The smallest absolute Gasteiger partial charge is 0.269 e. The number of benzene rings is 1. The van der Waals surface area contributed by atoms with E-state index in [0.717, 1.165) is 24.8 Å². The molecule has 1 saturated carbocycles. The Labute approximate surface area is 140 Å². The molecule has 2 atom stereocenters. The molecule has 1 amide bonds. The summed E-state index contributed by atoms with van der Waals surface area (Å²) in [5.74, 6) is 0.222. The molecule has 2 aromatic rings. The van der Waals surface area contributed by atoms with Crippen LogP contribution in [0.15, 0.2) is 30.3 Å². The first-order valence-corrected chi connectivity index (χ1v) is 8.38. The number of aromatic amines is 1. The minimum Gasteiger partial charge on any atom is -0.348 e. The lowest BCUT2D eigenvalue weighted by Crippen LogP contribution is -2.44. The number of nitrogens with zero attached hydrogens (tertiary/aromatic N) is 1. The fourth-order valence-electron chi connectivity index (χ4n) is 3.17. The number of nitrogens with two attached hydrogens (primary N) is 1.